The Morgan fingerprint density at radius 2 is 2.11 bits per heavy atom. The van der Waals surface area contributed by atoms with Gasteiger partial charge in [0.15, 0.2) is 26.6 Å². The molecule has 0 aromatic carbocycles. The van der Waals surface area contributed by atoms with E-state index in [-0.39, 0.29) is 35.4 Å². The summed E-state index contributed by atoms with van der Waals surface area (Å²) in [7, 11) is -1.76. The van der Waals surface area contributed by atoms with E-state index in [1.165, 1.54) is 11.1 Å². The molecule has 0 aliphatic carbocycles. The molecule has 10 heteroatoms. The van der Waals surface area contributed by atoms with E-state index in [0.717, 1.165) is 12.8 Å². The lowest BCUT2D eigenvalue weighted by Crippen LogP contribution is -2.41. The quantitative estimate of drug-likeness (QED) is 0.570. The summed E-state index contributed by atoms with van der Waals surface area (Å²) in [6.45, 7) is 12.0. The maximum absolute atomic E-state index is 12.2. The van der Waals surface area contributed by atoms with Crippen molar-refractivity contribution in [1.29, 1.82) is 0 Å². The maximum atomic E-state index is 12.2. The lowest BCUT2D eigenvalue weighted by Gasteiger charge is -2.36. The second-order valence-corrected chi connectivity index (χ2v) is 13.4. The molecule has 2 amide bonds. The number of nitrogens with one attached hydrogen (secondary N) is 1. The number of rotatable bonds is 6. The molecular formula is C18H28N4O5Si. The number of amides is 2. The van der Waals surface area contributed by atoms with Crippen molar-refractivity contribution >= 4 is 32.0 Å². The van der Waals surface area contributed by atoms with E-state index in [1.807, 2.05) is 0 Å². The maximum Gasteiger partial charge on any atom is 0.415 e. The molecule has 1 aromatic heterocycles. The van der Waals surface area contributed by atoms with Crippen LogP contribution in [0.25, 0.3) is 0 Å². The van der Waals surface area contributed by atoms with Gasteiger partial charge >= 0.3 is 6.09 Å². The van der Waals surface area contributed by atoms with Crippen LogP contribution < -0.4 is 15.0 Å². The molecule has 0 spiro atoms. The zero-order valence-electron chi connectivity index (χ0n) is 17.1. The number of anilines is 2. The lowest BCUT2D eigenvalue weighted by molar-refractivity contribution is -0.118. The molecule has 2 aliphatic rings. The van der Waals surface area contributed by atoms with Gasteiger partial charge in [-0.1, -0.05) is 20.8 Å². The number of hydrogen-bond acceptors (Lipinski definition) is 7. The van der Waals surface area contributed by atoms with Crippen LogP contribution in [0.3, 0.4) is 0 Å². The Bertz CT molecular complexity index is 765. The predicted octanol–water partition coefficient (Wildman–Crippen LogP) is 2.93. The normalized spacial score (nSPS) is 19.8. The van der Waals surface area contributed by atoms with Crippen molar-refractivity contribution in [2.45, 2.75) is 57.8 Å². The number of nitrogens with zero attached hydrogens (tertiary/aromatic N) is 3. The molecule has 1 N–H and O–H groups in total. The minimum atomic E-state index is -1.76. The van der Waals surface area contributed by atoms with Crippen LogP contribution in [0, 0.1) is 0 Å². The molecule has 1 unspecified atom stereocenters. The molecule has 1 aromatic rings. The third kappa shape index (κ3) is 4.44. The number of fused-ring (bicyclic) bond motifs is 1. The highest BCUT2D eigenvalue weighted by Crippen LogP contribution is 2.36. The molecule has 28 heavy (non-hydrogen) atoms. The van der Waals surface area contributed by atoms with Gasteiger partial charge < -0.3 is 19.2 Å². The van der Waals surface area contributed by atoms with Gasteiger partial charge in [-0.3, -0.25) is 9.69 Å². The standard InChI is InChI=1S/C18H28N4O5Si/c1-18(2,3)28(4,5)26-8-6-7-12-10-22(17(24)27-12)13-9-19-16-15(20-13)21-14(23)11-25-16/h9,12H,6-8,10-11H2,1-5H3,(H,20,21,23). The number of carbonyl (C=O) groups excluding carboxylic acids is 2. The first-order valence-corrected chi connectivity index (χ1v) is 12.4. The van der Waals surface area contributed by atoms with Gasteiger partial charge in [-0.05, 0) is 31.0 Å². The Kier molecular flexibility index (Phi) is 5.62. The minimum Gasteiger partial charge on any atom is -0.465 e. The van der Waals surface area contributed by atoms with Crippen LogP contribution in [0.5, 0.6) is 5.88 Å². The summed E-state index contributed by atoms with van der Waals surface area (Å²) in [6.07, 6.45) is 2.29. The van der Waals surface area contributed by atoms with Gasteiger partial charge in [-0.25, -0.2) is 14.8 Å². The van der Waals surface area contributed by atoms with E-state index in [2.05, 4.69) is 49.1 Å². The summed E-state index contributed by atoms with van der Waals surface area (Å²) in [6, 6.07) is 0. The van der Waals surface area contributed by atoms with E-state index in [1.54, 1.807) is 0 Å². The second-order valence-electron chi connectivity index (χ2n) is 8.59. The molecule has 9 nitrogen and oxygen atoms in total. The molecule has 1 fully saturated rings. The van der Waals surface area contributed by atoms with Gasteiger partial charge in [0.25, 0.3) is 11.8 Å². The summed E-state index contributed by atoms with van der Waals surface area (Å²) in [4.78, 5) is 33.5. The zero-order chi connectivity index (χ0) is 20.5. The van der Waals surface area contributed by atoms with Crippen molar-refractivity contribution in [3.05, 3.63) is 6.20 Å². The van der Waals surface area contributed by atoms with Crippen LogP contribution in [0.1, 0.15) is 33.6 Å². The molecule has 1 saturated heterocycles. The van der Waals surface area contributed by atoms with E-state index in [0.29, 0.717) is 19.0 Å². The van der Waals surface area contributed by atoms with Crippen molar-refractivity contribution in [2.75, 3.05) is 30.0 Å². The van der Waals surface area contributed by atoms with Crippen LogP contribution in [0.4, 0.5) is 16.4 Å². The zero-order valence-corrected chi connectivity index (χ0v) is 18.1. The van der Waals surface area contributed by atoms with E-state index >= 15 is 0 Å². The first-order chi connectivity index (χ1) is 13.1. The number of hydrogen-bond donors (Lipinski definition) is 1. The van der Waals surface area contributed by atoms with Crippen LogP contribution in [0.15, 0.2) is 6.20 Å². The Labute approximate surface area is 165 Å². The van der Waals surface area contributed by atoms with Crippen molar-refractivity contribution in [1.82, 2.24) is 9.97 Å². The highest BCUT2D eigenvalue weighted by molar-refractivity contribution is 6.74. The first-order valence-electron chi connectivity index (χ1n) is 9.48. The van der Waals surface area contributed by atoms with Gasteiger partial charge in [0, 0.05) is 6.61 Å². The molecular weight excluding hydrogens is 380 g/mol. The summed E-state index contributed by atoms with van der Waals surface area (Å²) >= 11 is 0. The van der Waals surface area contributed by atoms with Gasteiger partial charge in [0.1, 0.15) is 6.10 Å². The van der Waals surface area contributed by atoms with E-state index < -0.39 is 14.4 Å². The summed E-state index contributed by atoms with van der Waals surface area (Å²) in [5.41, 5.74) is 0. The van der Waals surface area contributed by atoms with E-state index in [4.69, 9.17) is 13.9 Å². The van der Waals surface area contributed by atoms with Crippen molar-refractivity contribution in [2.24, 2.45) is 0 Å². The molecule has 0 saturated carbocycles. The Balaban J connectivity index is 1.53. The number of carbonyl (C=O) groups is 2. The smallest absolute Gasteiger partial charge is 0.415 e. The summed E-state index contributed by atoms with van der Waals surface area (Å²) in [5.74, 6) is 0.486. The number of ether oxygens (including phenoxy) is 2. The molecule has 0 bridgehead atoms. The number of aromatic nitrogens is 2. The molecule has 154 valence electrons. The Morgan fingerprint density at radius 3 is 2.82 bits per heavy atom. The van der Waals surface area contributed by atoms with Gasteiger partial charge in [-0.2, -0.15) is 0 Å². The van der Waals surface area contributed by atoms with Gasteiger partial charge in [-0.15, -0.1) is 0 Å². The van der Waals surface area contributed by atoms with Gasteiger partial charge in [0.2, 0.25) is 0 Å². The monoisotopic (exact) mass is 408 g/mol. The second kappa shape index (κ2) is 7.67. The first kappa shape index (κ1) is 20.5. The topological polar surface area (TPSA) is 103 Å². The number of cyclic esters (lactones) is 1. The van der Waals surface area contributed by atoms with Crippen LogP contribution in [-0.2, 0) is 14.0 Å². The predicted molar refractivity (Wildman–Crippen MR) is 106 cm³/mol. The average molecular weight is 409 g/mol. The molecule has 2 aliphatic heterocycles. The third-order valence-electron chi connectivity index (χ3n) is 5.41. The fourth-order valence-electron chi connectivity index (χ4n) is 2.70. The summed E-state index contributed by atoms with van der Waals surface area (Å²) in [5, 5.41) is 2.76. The highest BCUT2D eigenvalue weighted by atomic mass is 28.4. The van der Waals surface area contributed by atoms with Crippen LogP contribution in [0.2, 0.25) is 18.1 Å². The van der Waals surface area contributed by atoms with E-state index in [9.17, 15) is 9.59 Å². The van der Waals surface area contributed by atoms with Crippen LogP contribution in [-0.4, -0.2) is 56.1 Å². The summed E-state index contributed by atoms with van der Waals surface area (Å²) < 4.78 is 16.8. The van der Waals surface area contributed by atoms with Crippen molar-refractivity contribution in [3.8, 4) is 5.88 Å². The van der Waals surface area contributed by atoms with Crippen LogP contribution >= 0.6 is 0 Å². The molecule has 3 heterocycles. The van der Waals surface area contributed by atoms with Crippen molar-refractivity contribution < 1.29 is 23.5 Å². The molecule has 0 radical (unpaired) electrons. The largest absolute Gasteiger partial charge is 0.465 e. The molecule has 3 rings (SSSR count). The van der Waals surface area contributed by atoms with Crippen molar-refractivity contribution in [3.63, 3.8) is 0 Å². The van der Waals surface area contributed by atoms with Gasteiger partial charge in [0.05, 0.1) is 12.7 Å². The lowest BCUT2D eigenvalue weighted by atomic mass is 10.2. The fourth-order valence-corrected chi connectivity index (χ4v) is 3.79. The average Bonchev–Trinajstić information content (AvgIpc) is 2.98. The highest BCUT2D eigenvalue weighted by Gasteiger charge is 2.37. The SMILES string of the molecule is CC(C)(C)[Si](C)(C)OCCCC1CN(c2cnc3c(n2)NC(=O)CO3)C(=O)O1. The fraction of sp³-hybridized carbons (Fsp3) is 0.667. The Morgan fingerprint density at radius 1 is 1.36 bits per heavy atom. The molecule has 1 atom stereocenters. The minimum absolute atomic E-state index is 0.0915. The third-order valence-corrected chi connectivity index (χ3v) is 9.95. The Hall–Kier alpha value is -2.20.